The number of benzene rings is 1. The molecule has 8 heterocycles. The molecule has 5 saturated heterocycles. The minimum Gasteiger partial charge on any atom is -0.508 e. The number of rotatable bonds is 4. The van der Waals surface area contributed by atoms with Crippen molar-refractivity contribution < 1.29 is 24.2 Å². The maximum Gasteiger partial charge on any atom is 0.339 e. The first-order valence-electron chi connectivity index (χ1n) is 33.0. The summed E-state index contributed by atoms with van der Waals surface area (Å²) in [6.07, 6.45) is 37.6. The number of allylic oxidation sites excluding steroid dienone is 4. The van der Waals surface area contributed by atoms with E-state index in [0.717, 1.165) is 68.2 Å². The van der Waals surface area contributed by atoms with Crippen molar-refractivity contribution in [1.29, 1.82) is 0 Å². The number of carbonyl (C=O) groups is 2. The van der Waals surface area contributed by atoms with Crippen LogP contribution in [0.5, 0.6) is 0 Å². The third-order valence-electron chi connectivity index (χ3n) is 29.7. The lowest BCUT2D eigenvalue weighted by molar-refractivity contribution is -0.284. The first kappa shape index (κ1) is 46.3. The van der Waals surface area contributed by atoms with E-state index in [1.807, 2.05) is 0 Å². The molecule has 11 bridgehead atoms. The molecule has 8 nitrogen and oxygen atoms in total. The summed E-state index contributed by atoms with van der Waals surface area (Å²) in [6.45, 7) is 5.58. The Morgan fingerprint density at radius 1 is 0.818 bits per heavy atom. The highest BCUT2D eigenvalue weighted by Gasteiger charge is 2.94. The number of nitrogens with zero attached hydrogens (tertiary/aromatic N) is 2. The number of ether oxygens (including phenoxy) is 2. The molecule has 16 atom stereocenters. The second-order valence-electron chi connectivity index (χ2n) is 31.3. The fourth-order valence-corrected chi connectivity index (χ4v) is 27.9. The molecule has 19 aliphatic rings. The molecular weight excluding hydrogens is 951 g/mol. The van der Waals surface area contributed by atoms with Crippen molar-refractivity contribution in [3.63, 3.8) is 0 Å². The van der Waals surface area contributed by atoms with Gasteiger partial charge in [-0.05, 0) is 223 Å². The Balaban J connectivity index is 0.921. The Labute approximate surface area is 458 Å². The highest BCUT2D eigenvalue weighted by molar-refractivity contribution is 6.00. The van der Waals surface area contributed by atoms with Gasteiger partial charge in [0.05, 0.1) is 11.0 Å². The molecule has 0 amide bonds. The fourth-order valence-electron chi connectivity index (χ4n) is 27.9. The second kappa shape index (κ2) is 15.0. The molecule has 20 rings (SSSR count). The summed E-state index contributed by atoms with van der Waals surface area (Å²) in [5.74, 6) is 3.96. The summed E-state index contributed by atoms with van der Waals surface area (Å²) in [5.41, 5.74) is 15.1. The Hall–Kier alpha value is -3.36. The third kappa shape index (κ3) is 4.99. The predicted molar refractivity (Wildman–Crippen MR) is 293 cm³/mol. The van der Waals surface area contributed by atoms with Crippen LogP contribution in [0.2, 0.25) is 0 Å². The van der Waals surface area contributed by atoms with Gasteiger partial charge >= 0.3 is 11.9 Å². The van der Waals surface area contributed by atoms with Gasteiger partial charge in [0.1, 0.15) is 11.2 Å². The van der Waals surface area contributed by atoms with Crippen LogP contribution >= 0.6 is 0 Å². The smallest absolute Gasteiger partial charge is 0.339 e. The van der Waals surface area contributed by atoms with Gasteiger partial charge < -0.3 is 25.2 Å². The van der Waals surface area contributed by atoms with Crippen LogP contribution in [0.4, 0.5) is 0 Å². The van der Waals surface area contributed by atoms with Crippen LogP contribution in [0.25, 0.3) is 0 Å². The monoisotopic (exact) mass is 1040 g/mol. The van der Waals surface area contributed by atoms with Gasteiger partial charge in [-0.1, -0.05) is 86.4 Å². The van der Waals surface area contributed by atoms with Gasteiger partial charge in [0.15, 0.2) is 11.4 Å². The molecule has 1 aromatic rings. The normalized spacial score (nSPS) is 48.9. The number of aliphatic hydroxyl groups excluding tert-OH is 1. The molecule has 0 unspecified atom stereocenters. The van der Waals surface area contributed by atoms with Crippen LogP contribution in [-0.4, -0.2) is 64.6 Å². The van der Waals surface area contributed by atoms with Crippen LogP contribution in [0.3, 0.4) is 0 Å². The number of piperidine rings is 3. The maximum absolute atomic E-state index is 17.1. The van der Waals surface area contributed by atoms with Crippen LogP contribution < -0.4 is 5.73 Å². The van der Waals surface area contributed by atoms with E-state index in [4.69, 9.17) is 15.2 Å². The summed E-state index contributed by atoms with van der Waals surface area (Å²) in [4.78, 5) is 39.0. The molecule has 408 valence electrons. The number of fused-ring (bicyclic) bond motifs is 8. The van der Waals surface area contributed by atoms with Crippen LogP contribution in [0.15, 0.2) is 63.8 Å². The second-order valence-corrected chi connectivity index (χ2v) is 31.3. The lowest BCUT2D eigenvalue weighted by Crippen LogP contribution is -2.78. The van der Waals surface area contributed by atoms with Gasteiger partial charge in [-0.25, -0.2) is 4.79 Å². The van der Waals surface area contributed by atoms with E-state index >= 15 is 9.59 Å². The van der Waals surface area contributed by atoms with E-state index in [2.05, 4.69) is 41.0 Å². The van der Waals surface area contributed by atoms with Crippen molar-refractivity contribution >= 4 is 11.9 Å². The highest BCUT2D eigenvalue weighted by Crippen LogP contribution is 2.90. The Bertz CT molecular complexity index is 2980. The fraction of sp³-hybridized carbons (Fsp3) is 0.768. The molecule has 8 aliphatic heterocycles. The van der Waals surface area contributed by atoms with Crippen molar-refractivity contribution in [2.24, 2.45) is 97.4 Å². The van der Waals surface area contributed by atoms with Crippen molar-refractivity contribution in [2.75, 3.05) is 19.6 Å². The van der Waals surface area contributed by atoms with E-state index < -0.39 is 16.4 Å². The van der Waals surface area contributed by atoms with E-state index in [1.54, 1.807) is 22.4 Å². The highest BCUT2D eigenvalue weighted by atomic mass is 16.6. The summed E-state index contributed by atoms with van der Waals surface area (Å²) in [7, 11) is 0. The largest absolute Gasteiger partial charge is 0.508 e. The van der Waals surface area contributed by atoms with Crippen LogP contribution in [0, 0.1) is 91.7 Å². The standard InChI is InChI=1S/C69H87N3O5/c1-38-28-42-15-16-51-45-30-46-35-71(51)57(42)55-47-19-26-67-60(58(73)48-31-43-17-24-63(59(48)72(34-45)56(43)46)36-64(20-4-5-21-64)65(37-63)22-6-7-23-65)76-62(75)68(67)52(69(67)50-14-8-12-40(13-9-27-70)53(50)61(74)77-69)32-44(39-10-2-3-11-39)29-41-18-25-66(38,55)33-49(41)54(47)68/h8,12,14,29,38-39,43-46,48-49,51-52,55-56,59,73H,2-7,9-11,13,15-28,30-37,70H2,1H3/b41-29?,60-58+/t38-,43-,44+,45+,46+,48+,49+,51+,52-,55+,56+,59-,66+,67+,68+,69+/m0/s1. The Morgan fingerprint density at radius 2 is 1.62 bits per heavy atom. The minimum absolute atomic E-state index is 0.0917. The Morgan fingerprint density at radius 3 is 2.42 bits per heavy atom. The molecule has 7 spiro atoms. The van der Waals surface area contributed by atoms with Gasteiger partial charge in [0.25, 0.3) is 0 Å². The molecule has 7 saturated carbocycles. The maximum atomic E-state index is 17.1. The number of hydrogen-bond donors (Lipinski definition) is 2. The zero-order valence-electron chi connectivity index (χ0n) is 46.5. The number of aryl methyl sites for hydroxylation is 1. The van der Waals surface area contributed by atoms with Crippen molar-refractivity contribution in [1.82, 2.24) is 9.80 Å². The molecule has 1 aromatic carbocycles. The van der Waals surface area contributed by atoms with E-state index in [1.165, 1.54) is 147 Å². The molecule has 0 aromatic heterocycles. The van der Waals surface area contributed by atoms with Gasteiger partial charge in [-0.3, -0.25) is 9.69 Å². The van der Waals surface area contributed by atoms with E-state index in [-0.39, 0.29) is 46.6 Å². The summed E-state index contributed by atoms with van der Waals surface area (Å²) >= 11 is 0. The summed E-state index contributed by atoms with van der Waals surface area (Å²) in [5, 5.41) is 14.7. The number of esters is 2. The lowest BCUT2D eigenvalue weighted by Gasteiger charge is -2.74. The molecular formula is C69H87N3O5. The van der Waals surface area contributed by atoms with Gasteiger partial charge in [0.2, 0.25) is 0 Å². The first-order valence-corrected chi connectivity index (χ1v) is 33.0. The topological polar surface area (TPSA) is 105 Å². The number of carbonyl (C=O) groups excluding carboxylic acids is 2. The van der Waals surface area contributed by atoms with Crippen molar-refractivity contribution in [3.05, 3.63) is 80.5 Å². The minimum atomic E-state index is -1.13. The van der Waals surface area contributed by atoms with E-state index in [9.17, 15) is 5.11 Å². The quantitative estimate of drug-likeness (QED) is 0.227. The summed E-state index contributed by atoms with van der Waals surface area (Å²) < 4.78 is 15.2. The zero-order chi connectivity index (χ0) is 51.0. The zero-order valence-corrected chi connectivity index (χ0v) is 46.5. The Kier molecular flexibility index (Phi) is 9.01. The van der Waals surface area contributed by atoms with Crippen molar-refractivity contribution in [3.8, 4) is 0 Å². The van der Waals surface area contributed by atoms with Gasteiger partial charge in [0, 0.05) is 66.1 Å². The van der Waals surface area contributed by atoms with Gasteiger partial charge in [-0.2, -0.15) is 0 Å². The van der Waals surface area contributed by atoms with Gasteiger partial charge in [-0.15, -0.1) is 0 Å². The number of hydrogen-bond acceptors (Lipinski definition) is 8. The third-order valence-corrected chi connectivity index (χ3v) is 29.7. The number of nitrogens with two attached hydrogens (primary N) is 1. The van der Waals surface area contributed by atoms with Crippen LogP contribution in [-0.2, 0) is 26.3 Å². The average Bonchev–Trinajstić information content (AvgIpc) is 4.49. The lowest BCUT2D eigenvalue weighted by atomic mass is 9.26. The summed E-state index contributed by atoms with van der Waals surface area (Å²) in [6, 6.07) is 7.89. The molecule has 8 heteroatoms. The van der Waals surface area contributed by atoms with Crippen LogP contribution in [0.1, 0.15) is 208 Å². The average molecular weight is 1040 g/mol. The number of aliphatic hydroxyl groups is 1. The van der Waals surface area contributed by atoms with E-state index in [0.29, 0.717) is 88.8 Å². The molecule has 11 aliphatic carbocycles. The first-order chi connectivity index (χ1) is 37.6. The molecule has 12 fully saturated rings. The molecule has 77 heavy (non-hydrogen) atoms. The molecule has 3 N–H and O–H groups in total. The van der Waals surface area contributed by atoms with Crippen molar-refractivity contribution in [2.45, 2.75) is 217 Å². The predicted octanol–water partition coefficient (Wildman–Crippen LogP) is 13.3. The molecule has 0 radical (unpaired) electrons. The SMILES string of the molecule is C[C@H]1CC2=C3[C@H]4C5=C6[C@@H]7C[C@@]41CCC7=C[C@@H](C1CCCC1)C[C@H]1[C@]64C(=O)O/C(=C(/O)[C@H]6C[C@@H]7CCC8(CC9(CCCC9)C9(CCCC9)C8)[C@H]6N6C[C@H]8C[C@H](CN3[C@@H]8CC2)[C@@H]76)[C@@]4(CC5)[C@]12OC(=O)c1c(CCCN)cccc12.